The predicted octanol–water partition coefficient (Wildman–Crippen LogP) is 4.56. The Morgan fingerprint density at radius 1 is 1.25 bits per heavy atom. The van der Waals surface area contributed by atoms with Crippen molar-refractivity contribution >= 4 is 28.6 Å². The van der Waals surface area contributed by atoms with Crippen molar-refractivity contribution < 1.29 is 4.79 Å². The van der Waals surface area contributed by atoms with E-state index in [0.29, 0.717) is 6.42 Å². The van der Waals surface area contributed by atoms with Crippen molar-refractivity contribution in [2.45, 2.75) is 25.8 Å². The zero-order chi connectivity index (χ0) is 16.5. The number of amides is 1. The predicted molar refractivity (Wildman–Crippen MR) is 99.4 cm³/mol. The maximum atomic E-state index is 12.7. The minimum Gasteiger partial charge on any atom is -0.335 e. The van der Waals surface area contributed by atoms with Crippen LogP contribution in [0, 0.1) is 0 Å². The third-order valence-corrected chi connectivity index (χ3v) is 6.44. The zero-order valence-corrected chi connectivity index (χ0v) is 15.1. The van der Waals surface area contributed by atoms with Gasteiger partial charge in [-0.05, 0) is 30.4 Å². The highest BCUT2D eigenvalue weighted by molar-refractivity contribution is 7.13. The first-order valence-corrected chi connectivity index (χ1v) is 9.84. The van der Waals surface area contributed by atoms with Gasteiger partial charge in [-0.3, -0.25) is 4.79 Å². The lowest BCUT2D eigenvalue weighted by molar-refractivity contribution is -0.133. The van der Waals surface area contributed by atoms with Gasteiger partial charge >= 0.3 is 0 Å². The quantitative estimate of drug-likeness (QED) is 0.691. The molecular weight excluding hydrogens is 336 g/mol. The summed E-state index contributed by atoms with van der Waals surface area (Å²) in [5.41, 5.74) is 3.28. The first-order valence-electron chi connectivity index (χ1n) is 8.08. The number of carbonyl (C=O) groups is 1. The van der Waals surface area contributed by atoms with Gasteiger partial charge in [-0.15, -0.1) is 22.7 Å². The fourth-order valence-electron chi connectivity index (χ4n) is 3.21. The number of thiazole rings is 1. The molecule has 4 rings (SSSR count). The van der Waals surface area contributed by atoms with Gasteiger partial charge in [0.1, 0.15) is 5.01 Å². The largest absolute Gasteiger partial charge is 0.335 e. The molecule has 1 atom stereocenters. The molecule has 3 nitrogen and oxygen atoms in total. The fraction of sp³-hybridized carbons (Fsp3) is 0.263. The molecule has 1 unspecified atom stereocenters. The topological polar surface area (TPSA) is 33.2 Å². The molecule has 1 amide bonds. The van der Waals surface area contributed by atoms with Crippen LogP contribution >= 0.6 is 22.7 Å². The Labute approximate surface area is 149 Å². The molecule has 2 aromatic heterocycles. The monoisotopic (exact) mass is 354 g/mol. The summed E-state index contributed by atoms with van der Waals surface area (Å²) in [6.45, 7) is 2.93. The van der Waals surface area contributed by atoms with Crippen molar-refractivity contribution in [2.24, 2.45) is 0 Å². The van der Waals surface area contributed by atoms with Crippen LogP contribution in [0.15, 0.2) is 47.2 Å². The van der Waals surface area contributed by atoms with E-state index in [2.05, 4.69) is 35.5 Å². The molecule has 0 aliphatic carbocycles. The van der Waals surface area contributed by atoms with Crippen molar-refractivity contribution in [3.63, 3.8) is 0 Å². The van der Waals surface area contributed by atoms with Crippen LogP contribution in [0.5, 0.6) is 0 Å². The van der Waals surface area contributed by atoms with E-state index in [9.17, 15) is 4.79 Å². The molecule has 0 fully saturated rings. The highest BCUT2D eigenvalue weighted by Gasteiger charge is 2.28. The van der Waals surface area contributed by atoms with E-state index < -0.39 is 0 Å². The normalized spacial score (nSPS) is 16.9. The van der Waals surface area contributed by atoms with Crippen LogP contribution in [-0.2, 0) is 17.6 Å². The molecule has 3 aromatic rings. The maximum Gasteiger partial charge on any atom is 0.229 e. The summed E-state index contributed by atoms with van der Waals surface area (Å²) in [7, 11) is 0. The van der Waals surface area contributed by atoms with E-state index in [1.807, 2.05) is 28.5 Å². The Morgan fingerprint density at radius 3 is 2.92 bits per heavy atom. The minimum absolute atomic E-state index is 0.166. The van der Waals surface area contributed by atoms with Gasteiger partial charge in [0.25, 0.3) is 0 Å². The third-order valence-electron chi connectivity index (χ3n) is 4.50. The van der Waals surface area contributed by atoms with Crippen molar-refractivity contribution in [3.8, 4) is 10.6 Å². The molecule has 0 radical (unpaired) electrons. The lowest BCUT2D eigenvalue weighted by Gasteiger charge is -2.33. The summed E-state index contributed by atoms with van der Waals surface area (Å²) >= 11 is 3.40. The number of fused-ring (bicyclic) bond motifs is 1. The van der Waals surface area contributed by atoms with Gasteiger partial charge in [0, 0.05) is 22.4 Å². The lowest BCUT2D eigenvalue weighted by atomic mass is 10.0. The first kappa shape index (κ1) is 15.5. The highest BCUT2D eigenvalue weighted by Crippen LogP contribution is 2.33. The van der Waals surface area contributed by atoms with E-state index >= 15 is 0 Å². The highest BCUT2D eigenvalue weighted by atomic mass is 32.1. The number of benzene rings is 1. The van der Waals surface area contributed by atoms with Gasteiger partial charge in [-0.25, -0.2) is 4.98 Å². The molecule has 1 aliphatic rings. The van der Waals surface area contributed by atoms with Crippen LogP contribution in [0.25, 0.3) is 10.6 Å². The average Bonchev–Trinajstić information content (AvgIpc) is 3.25. The fourth-order valence-corrected chi connectivity index (χ4v) is 5.00. The summed E-state index contributed by atoms with van der Waals surface area (Å²) in [5.74, 6) is 0.171. The second kappa shape index (κ2) is 6.49. The SMILES string of the molecule is CC1c2ccsc2CCN1C(=O)Cc1csc(-c2ccccc2)n1. The Balaban J connectivity index is 1.48. The molecule has 1 aromatic carbocycles. The smallest absolute Gasteiger partial charge is 0.229 e. The first-order chi connectivity index (χ1) is 11.7. The molecular formula is C19H18N2OS2. The molecule has 0 bridgehead atoms. The number of aromatic nitrogens is 1. The van der Waals surface area contributed by atoms with Crippen molar-refractivity contribution in [3.05, 3.63) is 63.3 Å². The van der Waals surface area contributed by atoms with E-state index in [1.54, 1.807) is 22.7 Å². The van der Waals surface area contributed by atoms with Gasteiger partial charge in [-0.1, -0.05) is 30.3 Å². The summed E-state index contributed by atoms with van der Waals surface area (Å²) in [5, 5.41) is 5.11. The Hall–Kier alpha value is -1.98. The number of hydrogen-bond donors (Lipinski definition) is 0. The minimum atomic E-state index is 0.166. The number of hydrogen-bond acceptors (Lipinski definition) is 4. The zero-order valence-electron chi connectivity index (χ0n) is 13.4. The van der Waals surface area contributed by atoms with Crippen LogP contribution < -0.4 is 0 Å². The molecule has 5 heteroatoms. The van der Waals surface area contributed by atoms with Gasteiger partial charge in [0.15, 0.2) is 0 Å². The molecule has 0 saturated heterocycles. The Morgan fingerprint density at radius 2 is 2.08 bits per heavy atom. The summed E-state index contributed by atoms with van der Waals surface area (Å²) in [4.78, 5) is 20.8. The molecule has 24 heavy (non-hydrogen) atoms. The van der Waals surface area contributed by atoms with Crippen LogP contribution in [0.3, 0.4) is 0 Å². The molecule has 0 spiro atoms. The van der Waals surface area contributed by atoms with Crippen molar-refractivity contribution in [2.75, 3.05) is 6.54 Å². The summed E-state index contributed by atoms with van der Waals surface area (Å²) < 4.78 is 0. The van der Waals surface area contributed by atoms with Crippen molar-refractivity contribution in [1.82, 2.24) is 9.88 Å². The lowest BCUT2D eigenvalue weighted by Crippen LogP contribution is -2.39. The molecule has 0 saturated carbocycles. The van der Waals surface area contributed by atoms with Gasteiger partial charge < -0.3 is 4.90 Å². The Kier molecular flexibility index (Phi) is 4.21. The molecule has 1 aliphatic heterocycles. The number of thiophene rings is 1. The standard InChI is InChI=1S/C19H18N2OS2/c1-13-16-8-10-23-17(16)7-9-21(13)18(22)11-15-12-24-19(20-15)14-5-3-2-4-6-14/h2-6,8,10,12-13H,7,9,11H2,1H3. The van der Waals surface area contributed by atoms with Gasteiger partial charge in [0.2, 0.25) is 5.91 Å². The maximum absolute atomic E-state index is 12.7. The second-order valence-electron chi connectivity index (χ2n) is 6.00. The summed E-state index contributed by atoms with van der Waals surface area (Å²) in [6, 6.07) is 12.4. The van der Waals surface area contributed by atoms with Gasteiger partial charge in [0.05, 0.1) is 18.2 Å². The molecule has 122 valence electrons. The molecule has 0 N–H and O–H groups in total. The molecule has 3 heterocycles. The average molecular weight is 355 g/mol. The number of carbonyl (C=O) groups excluding carboxylic acids is 1. The van der Waals surface area contributed by atoms with Crippen LogP contribution in [0.2, 0.25) is 0 Å². The number of rotatable bonds is 3. The van der Waals surface area contributed by atoms with Gasteiger partial charge in [-0.2, -0.15) is 0 Å². The van der Waals surface area contributed by atoms with E-state index in [0.717, 1.165) is 29.2 Å². The summed E-state index contributed by atoms with van der Waals surface area (Å²) in [6.07, 6.45) is 1.35. The Bertz CT molecular complexity index is 853. The second-order valence-corrected chi connectivity index (χ2v) is 7.86. The van der Waals surface area contributed by atoms with E-state index in [-0.39, 0.29) is 11.9 Å². The van der Waals surface area contributed by atoms with Crippen LogP contribution in [-0.4, -0.2) is 22.3 Å². The van der Waals surface area contributed by atoms with E-state index in [1.165, 1.54) is 10.4 Å². The number of nitrogens with zero attached hydrogens (tertiary/aromatic N) is 2. The van der Waals surface area contributed by atoms with Crippen LogP contribution in [0.4, 0.5) is 0 Å². The van der Waals surface area contributed by atoms with Crippen molar-refractivity contribution in [1.29, 1.82) is 0 Å². The van der Waals surface area contributed by atoms with E-state index in [4.69, 9.17) is 0 Å². The third kappa shape index (κ3) is 2.89. The van der Waals surface area contributed by atoms with Crippen LogP contribution in [0.1, 0.15) is 29.1 Å².